The topological polar surface area (TPSA) is 223 Å². The summed E-state index contributed by atoms with van der Waals surface area (Å²) >= 11 is 0. The minimum Gasteiger partial charge on any atom is -0.390 e. The van der Waals surface area contributed by atoms with Gasteiger partial charge in [0.05, 0.1) is 30.1 Å². The van der Waals surface area contributed by atoms with Crippen LogP contribution in [0.2, 0.25) is 0 Å². The Morgan fingerprint density at radius 1 is 0.843 bits per heavy atom. The number of fused-ring (bicyclic) bond motifs is 3. The summed E-state index contributed by atoms with van der Waals surface area (Å²) in [7, 11) is -0.424. The highest BCUT2D eigenvalue weighted by molar-refractivity contribution is 7.89. The Bertz CT molecular complexity index is 2020. The maximum atomic E-state index is 14.7. The van der Waals surface area contributed by atoms with Crippen LogP contribution >= 0.6 is 0 Å². The summed E-state index contributed by atoms with van der Waals surface area (Å²) in [5, 5.41) is 34.2. The van der Waals surface area contributed by atoms with Gasteiger partial charge in [0.15, 0.2) is 11.6 Å². The first-order valence-electron chi connectivity index (χ1n) is 26.3. The number of sulfonamides is 1. The van der Waals surface area contributed by atoms with Crippen LogP contribution in [0.3, 0.4) is 0 Å². The molecule has 4 heterocycles. The monoisotopic (exact) mass is 1000 g/mol. The van der Waals surface area contributed by atoms with Gasteiger partial charge in [-0.15, -0.1) is 0 Å². The van der Waals surface area contributed by atoms with E-state index < -0.39 is 75.8 Å². The van der Waals surface area contributed by atoms with E-state index in [4.69, 9.17) is 19.9 Å². The zero-order valence-corrected chi connectivity index (χ0v) is 44.2. The van der Waals surface area contributed by atoms with Gasteiger partial charge in [0.1, 0.15) is 12.2 Å². The van der Waals surface area contributed by atoms with Crippen molar-refractivity contribution in [3.8, 4) is 0 Å². The number of allylic oxidation sites excluding steroid dienone is 6. The van der Waals surface area contributed by atoms with Crippen molar-refractivity contribution in [2.45, 2.75) is 186 Å². The molecule has 5 rings (SSSR count). The minimum atomic E-state index is -3.45. The molecule has 16 heteroatoms. The molecule has 1 unspecified atom stereocenters. The molecule has 1 saturated carbocycles. The van der Waals surface area contributed by atoms with Gasteiger partial charge < -0.3 is 40.2 Å². The molecule has 0 aromatic heterocycles. The van der Waals surface area contributed by atoms with Crippen LogP contribution in [0, 0.1) is 41.4 Å². The highest BCUT2D eigenvalue weighted by atomic mass is 32.2. The van der Waals surface area contributed by atoms with Crippen molar-refractivity contribution < 1.29 is 57.1 Å². The van der Waals surface area contributed by atoms with E-state index in [9.17, 15) is 42.9 Å². The first-order chi connectivity index (χ1) is 33.1. The molecule has 4 fully saturated rings. The Balaban J connectivity index is 1.48. The average Bonchev–Trinajstić information content (AvgIpc) is 3.66. The summed E-state index contributed by atoms with van der Waals surface area (Å²) in [6, 6.07) is -1.31. The van der Waals surface area contributed by atoms with Crippen molar-refractivity contribution >= 4 is 33.3 Å². The van der Waals surface area contributed by atoms with Crippen LogP contribution in [0.4, 0.5) is 0 Å². The summed E-state index contributed by atoms with van der Waals surface area (Å²) in [4.78, 5) is 58.7. The van der Waals surface area contributed by atoms with Gasteiger partial charge in [-0.3, -0.25) is 19.2 Å². The quantitative estimate of drug-likeness (QED) is 0.170. The van der Waals surface area contributed by atoms with E-state index in [1.807, 2.05) is 64.2 Å². The molecule has 2 bridgehead atoms. The lowest BCUT2D eigenvalue weighted by atomic mass is 9.76. The van der Waals surface area contributed by atoms with Crippen molar-refractivity contribution in [1.82, 2.24) is 9.21 Å². The van der Waals surface area contributed by atoms with E-state index in [2.05, 4.69) is 0 Å². The molecule has 1 aliphatic carbocycles. The van der Waals surface area contributed by atoms with Crippen LogP contribution < -0.4 is 5.73 Å². The van der Waals surface area contributed by atoms with Crippen LogP contribution in [0.1, 0.15) is 138 Å². The third-order valence-electron chi connectivity index (χ3n) is 16.3. The predicted molar refractivity (Wildman–Crippen MR) is 269 cm³/mol. The number of nitrogens with two attached hydrogens (primary N) is 1. The van der Waals surface area contributed by atoms with Crippen molar-refractivity contribution in [2.75, 3.05) is 39.6 Å². The molecule has 0 spiro atoms. The van der Waals surface area contributed by atoms with Crippen LogP contribution in [0.5, 0.6) is 0 Å². The first-order valence-corrected chi connectivity index (χ1v) is 27.9. The molecular weight excluding hydrogens is 915 g/mol. The van der Waals surface area contributed by atoms with E-state index in [1.165, 1.54) is 16.3 Å². The smallest absolute Gasteiger partial charge is 0.296 e. The van der Waals surface area contributed by atoms with Crippen molar-refractivity contribution in [2.24, 2.45) is 47.2 Å². The van der Waals surface area contributed by atoms with Gasteiger partial charge in [-0.05, 0) is 139 Å². The molecule has 15 nitrogen and oxygen atoms in total. The number of carbonyl (C=O) groups is 4. The molecule has 70 heavy (non-hydrogen) atoms. The average molecular weight is 1000 g/mol. The van der Waals surface area contributed by atoms with Gasteiger partial charge in [-0.25, -0.2) is 12.7 Å². The van der Waals surface area contributed by atoms with Crippen LogP contribution in [-0.4, -0.2) is 144 Å². The maximum Gasteiger partial charge on any atom is 0.296 e. The third kappa shape index (κ3) is 15.1. The number of methoxy groups -OCH3 is 2. The second kappa shape index (κ2) is 26.3. The number of rotatable bonds is 7. The summed E-state index contributed by atoms with van der Waals surface area (Å²) in [6.45, 7) is 12.0. The fourth-order valence-corrected chi connectivity index (χ4v) is 13.3. The second-order valence-corrected chi connectivity index (χ2v) is 23.9. The summed E-state index contributed by atoms with van der Waals surface area (Å²) in [5.74, 6) is -6.50. The van der Waals surface area contributed by atoms with Gasteiger partial charge in [0.25, 0.3) is 11.7 Å². The van der Waals surface area contributed by atoms with Crippen LogP contribution in [-0.2, 0) is 43.4 Å². The fraction of sp³-hybridized carbons (Fsp3) is 0.778. The molecule has 4 aliphatic heterocycles. The number of aliphatic hydroxyl groups excluding tert-OH is 2. The van der Waals surface area contributed by atoms with E-state index in [1.54, 1.807) is 21.0 Å². The number of nitrogens with zero attached hydrogens (tertiary/aromatic N) is 2. The fourth-order valence-electron chi connectivity index (χ4n) is 11.7. The molecule has 0 aromatic rings. The lowest BCUT2D eigenvalue weighted by Gasteiger charge is -2.43. The molecule has 396 valence electrons. The van der Waals surface area contributed by atoms with Crippen LogP contribution in [0.15, 0.2) is 47.6 Å². The SMILES string of the molecule is CO[C@@H]1C[C@H](C[C@@H](N)[C@@H]2CC[C@H](C)/C=C(\C)[C@@H](O)[C@@H](OC)C(=O)[C@H](C)C[C@H](C)/C=C/C=C/C=C(\C)C(CN3CCCS3(=O)=O)C[C@@H]3CC[C@@H](C)[C@@](O)(O3)C(=O)C(=O)N3CCCC[C@H]3C(=O)C2)CC[C@H]1O. The normalized spacial score (nSPS) is 40.6. The first kappa shape index (κ1) is 58.0. The van der Waals surface area contributed by atoms with Gasteiger partial charge in [-0.2, -0.15) is 0 Å². The third-order valence-corrected chi connectivity index (χ3v) is 18.2. The Hall–Kier alpha value is -2.93. The van der Waals surface area contributed by atoms with E-state index in [0.717, 1.165) is 12.0 Å². The van der Waals surface area contributed by atoms with Crippen molar-refractivity contribution in [1.29, 1.82) is 0 Å². The lowest BCUT2D eigenvalue weighted by molar-refractivity contribution is -0.264. The molecule has 1 amide bonds. The molecule has 3 saturated heterocycles. The summed E-state index contributed by atoms with van der Waals surface area (Å²) < 4.78 is 45.1. The number of hydrogen-bond acceptors (Lipinski definition) is 13. The Morgan fingerprint density at radius 3 is 2.27 bits per heavy atom. The van der Waals surface area contributed by atoms with Crippen molar-refractivity contribution in [3.05, 3.63) is 47.6 Å². The number of ketones is 3. The molecule has 0 aromatic carbocycles. The number of hydrogen-bond donors (Lipinski definition) is 4. The van der Waals surface area contributed by atoms with Crippen molar-refractivity contribution in [3.63, 3.8) is 0 Å². The number of piperidine rings is 1. The molecule has 5 N–H and O–H groups in total. The predicted octanol–water partition coefficient (Wildman–Crippen LogP) is 5.99. The minimum absolute atomic E-state index is 0.0152. The zero-order valence-electron chi connectivity index (χ0n) is 43.4. The van der Waals surface area contributed by atoms with E-state index >= 15 is 0 Å². The number of Topliss-reactive ketones (excluding diaryl/α,β-unsaturated/α-hetero) is 3. The van der Waals surface area contributed by atoms with Crippen LogP contribution in [0.25, 0.3) is 0 Å². The summed E-state index contributed by atoms with van der Waals surface area (Å²) in [6.07, 6.45) is 15.4. The number of carbonyl (C=O) groups excluding carboxylic acids is 4. The molecule has 5 aliphatic rings. The Labute approximate surface area is 418 Å². The maximum absolute atomic E-state index is 14.7. The Morgan fingerprint density at radius 2 is 1.59 bits per heavy atom. The van der Waals surface area contributed by atoms with Gasteiger partial charge in [0.2, 0.25) is 15.8 Å². The number of amides is 1. The zero-order chi connectivity index (χ0) is 51.5. The van der Waals surface area contributed by atoms with E-state index in [0.29, 0.717) is 95.6 Å². The largest absolute Gasteiger partial charge is 0.390 e. The number of aliphatic hydroxyl groups is 3. The molecule has 15 atom stereocenters. The number of ether oxygens (including phenoxy) is 3. The standard InChI is InChI=1S/C54H87N3O12S/c1-34-15-10-9-11-16-36(3)42(33-56-24-14-26-70(56,65)66)31-43-22-19-39(6)54(64,69-43)52(62)53(63)57-25-13-12-17-45(57)47(59)32-41(44(55)29-40-20-23-46(58)48(30-40)67-7)21-18-35(2)28-38(5)50(61)51(68-8)49(60)37(4)27-34/h9-11,15-16,28,34-35,37,39-46,48,50-51,58,61,64H,12-14,17-27,29-33,55H2,1-8H3/b11-9+,15-10+,36-16+,38-28+/t34-,35+,37-,39-,40+,41-,42?,43+,44-,45+,46-,48-,50-,51+,54-/m1/s1. The van der Waals surface area contributed by atoms with Gasteiger partial charge in [0, 0.05) is 58.2 Å². The van der Waals surface area contributed by atoms with Gasteiger partial charge >= 0.3 is 0 Å². The van der Waals surface area contributed by atoms with Gasteiger partial charge in [-0.1, -0.05) is 69.7 Å². The Kier molecular flexibility index (Phi) is 21.8. The molecular formula is C54H87N3O12S. The second-order valence-electron chi connectivity index (χ2n) is 21.8. The highest BCUT2D eigenvalue weighted by Crippen LogP contribution is 2.39. The summed E-state index contributed by atoms with van der Waals surface area (Å²) in [5.41, 5.74) is 8.55. The lowest BCUT2D eigenvalue weighted by Crippen LogP contribution is -2.60. The van der Waals surface area contributed by atoms with E-state index in [-0.39, 0.29) is 72.5 Å². The highest BCUT2D eigenvalue weighted by Gasteiger charge is 2.53. The molecule has 0 radical (unpaired) electrons.